The minimum absolute atomic E-state index is 0.0667. The van der Waals surface area contributed by atoms with Gasteiger partial charge in [0.1, 0.15) is 17.7 Å². The molecule has 3 aromatic rings. The Balaban J connectivity index is 1.38. The standard InChI is InChI=1S/C31H35FN4O8S/c1-19-15-36(20(2)17-37)30(38)13-21-12-23(33-31(39)34-24-7-11-27-28(14-24)43-18-42-27)6-10-26(21)44-29(19)16-35(3)45(40,41)25-8-4-22(32)5-9-25/h4-12,14,19-20,29,37H,13,15-18H2,1-3H3,(H2,33,34,39)/t19-,20-,29-/m0/s1. The number of amides is 3. The highest BCUT2D eigenvalue weighted by Crippen LogP contribution is 2.34. The predicted octanol–water partition coefficient (Wildman–Crippen LogP) is 3.67. The monoisotopic (exact) mass is 642 g/mol. The van der Waals surface area contributed by atoms with E-state index in [2.05, 4.69) is 10.6 Å². The molecule has 3 aromatic carbocycles. The third kappa shape index (κ3) is 7.30. The molecule has 0 radical (unpaired) electrons. The number of hydrogen-bond donors (Lipinski definition) is 3. The zero-order valence-electron chi connectivity index (χ0n) is 25.0. The van der Waals surface area contributed by atoms with Crippen LogP contribution >= 0.6 is 0 Å². The van der Waals surface area contributed by atoms with Gasteiger partial charge in [-0.3, -0.25) is 4.79 Å². The number of urea groups is 1. The smallest absolute Gasteiger partial charge is 0.323 e. The molecule has 2 aliphatic rings. The largest absolute Gasteiger partial charge is 0.488 e. The fraction of sp³-hybridized carbons (Fsp3) is 0.355. The molecule has 0 unspecified atom stereocenters. The molecule has 5 rings (SSSR count). The van der Waals surface area contributed by atoms with E-state index in [0.717, 1.165) is 16.4 Å². The van der Waals surface area contributed by atoms with Crippen molar-refractivity contribution in [3.8, 4) is 17.2 Å². The number of aliphatic hydroxyl groups excluding tert-OH is 1. The Morgan fingerprint density at radius 1 is 1.04 bits per heavy atom. The van der Waals surface area contributed by atoms with Crippen LogP contribution in [0, 0.1) is 11.7 Å². The van der Waals surface area contributed by atoms with E-state index in [9.17, 15) is 27.5 Å². The van der Waals surface area contributed by atoms with Crippen molar-refractivity contribution in [2.75, 3.05) is 44.2 Å². The molecule has 0 aromatic heterocycles. The maximum atomic E-state index is 13.5. The first-order chi connectivity index (χ1) is 21.4. The van der Waals surface area contributed by atoms with Crippen molar-refractivity contribution in [2.24, 2.45) is 5.92 Å². The number of halogens is 1. The molecule has 0 bridgehead atoms. The molecule has 14 heteroatoms. The van der Waals surface area contributed by atoms with E-state index < -0.39 is 34.0 Å². The van der Waals surface area contributed by atoms with E-state index in [-0.39, 0.29) is 49.6 Å². The lowest BCUT2D eigenvalue weighted by Crippen LogP contribution is -2.48. The normalized spacial score (nSPS) is 18.7. The highest BCUT2D eigenvalue weighted by Gasteiger charge is 2.33. The van der Waals surface area contributed by atoms with Gasteiger partial charge in [-0.1, -0.05) is 6.92 Å². The number of benzene rings is 3. The van der Waals surface area contributed by atoms with Crippen LogP contribution in [0.5, 0.6) is 17.2 Å². The zero-order valence-corrected chi connectivity index (χ0v) is 25.8. The van der Waals surface area contributed by atoms with Gasteiger partial charge in [0.15, 0.2) is 11.5 Å². The number of aliphatic hydroxyl groups is 1. The van der Waals surface area contributed by atoms with Gasteiger partial charge in [0, 0.05) is 42.5 Å². The van der Waals surface area contributed by atoms with Crippen molar-refractivity contribution in [2.45, 2.75) is 37.3 Å². The third-order valence-electron chi connectivity index (χ3n) is 7.76. The molecule has 0 fully saturated rings. The second-order valence-electron chi connectivity index (χ2n) is 11.1. The van der Waals surface area contributed by atoms with Crippen LogP contribution in [0.1, 0.15) is 19.4 Å². The number of carbonyl (C=O) groups is 2. The van der Waals surface area contributed by atoms with Crippen molar-refractivity contribution in [1.82, 2.24) is 9.21 Å². The maximum Gasteiger partial charge on any atom is 0.323 e. The second kappa shape index (κ2) is 13.3. The summed E-state index contributed by atoms with van der Waals surface area (Å²) in [5, 5.41) is 15.4. The number of sulfonamides is 1. The van der Waals surface area contributed by atoms with Crippen molar-refractivity contribution in [1.29, 1.82) is 0 Å². The second-order valence-corrected chi connectivity index (χ2v) is 13.1. The van der Waals surface area contributed by atoms with Gasteiger partial charge >= 0.3 is 6.03 Å². The number of anilines is 2. The molecule has 2 aliphatic heterocycles. The van der Waals surface area contributed by atoms with Gasteiger partial charge in [0.2, 0.25) is 22.7 Å². The molecule has 0 saturated carbocycles. The van der Waals surface area contributed by atoms with Gasteiger partial charge in [-0.25, -0.2) is 17.6 Å². The maximum absolute atomic E-state index is 13.5. The van der Waals surface area contributed by atoms with Gasteiger partial charge in [0.05, 0.1) is 30.5 Å². The van der Waals surface area contributed by atoms with Crippen LogP contribution < -0.4 is 24.8 Å². The zero-order chi connectivity index (χ0) is 32.3. The van der Waals surface area contributed by atoms with E-state index >= 15 is 0 Å². The summed E-state index contributed by atoms with van der Waals surface area (Å²) in [7, 11) is -2.57. The number of nitrogens with one attached hydrogen (secondary N) is 2. The number of rotatable bonds is 8. The molecular weight excluding hydrogens is 607 g/mol. The summed E-state index contributed by atoms with van der Waals surface area (Å²) in [6.07, 6.45) is -0.793. The van der Waals surface area contributed by atoms with E-state index in [1.807, 2.05) is 6.92 Å². The summed E-state index contributed by atoms with van der Waals surface area (Å²) < 4.78 is 58.2. The number of hydrogen-bond acceptors (Lipinski definition) is 8. The molecule has 45 heavy (non-hydrogen) atoms. The quantitative estimate of drug-likeness (QED) is 0.338. The number of carbonyl (C=O) groups excluding carboxylic acids is 2. The van der Waals surface area contributed by atoms with Crippen molar-refractivity contribution >= 4 is 33.3 Å². The number of likely N-dealkylation sites (N-methyl/N-ethyl adjacent to an activating group) is 1. The summed E-state index contributed by atoms with van der Waals surface area (Å²) in [4.78, 5) is 27.8. The van der Waals surface area contributed by atoms with Crippen LogP contribution in [0.2, 0.25) is 0 Å². The van der Waals surface area contributed by atoms with Gasteiger partial charge in [0.25, 0.3) is 0 Å². The number of ether oxygens (including phenoxy) is 3. The molecule has 3 N–H and O–H groups in total. The minimum Gasteiger partial charge on any atom is -0.488 e. The van der Waals surface area contributed by atoms with Crippen molar-refractivity contribution in [3.05, 3.63) is 72.0 Å². The Bertz CT molecular complexity index is 1670. The molecule has 12 nitrogen and oxygen atoms in total. The Hall–Kier alpha value is -4.40. The van der Waals surface area contributed by atoms with Crippen LogP contribution in [0.15, 0.2) is 65.6 Å². The van der Waals surface area contributed by atoms with E-state index in [4.69, 9.17) is 14.2 Å². The fourth-order valence-corrected chi connectivity index (χ4v) is 6.31. The Morgan fingerprint density at radius 3 is 2.38 bits per heavy atom. The average molecular weight is 643 g/mol. The topological polar surface area (TPSA) is 147 Å². The first-order valence-corrected chi connectivity index (χ1v) is 15.8. The van der Waals surface area contributed by atoms with Gasteiger partial charge < -0.3 is 34.9 Å². The molecule has 0 aliphatic carbocycles. The third-order valence-corrected chi connectivity index (χ3v) is 9.60. The predicted molar refractivity (Wildman–Crippen MR) is 163 cm³/mol. The lowest BCUT2D eigenvalue weighted by atomic mass is 10.0. The summed E-state index contributed by atoms with van der Waals surface area (Å²) in [6, 6.07) is 13.4. The SMILES string of the molecule is C[C@H]1CN([C@@H](C)CO)C(=O)Cc2cc(NC(=O)Nc3ccc4c(c3)OCO4)ccc2O[C@H]1CN(C)S(=O)(=O)c1ccc(F)cc1. The first kappa shape index (κ1) is 32.0. The molecule has 240 valence electrons. The minimum atomic E-state index is -3.98. The van der Waals surface area contributed by atoms with Crippen LogP contribution in [-0.4, -0.2) is 80.4 Å². The van der Waals surface area contributed by atoms with E-state index in [0.29, 0.717) is 34.2 Å². The van der Waals surface area contributed by atoms with E-state index in [1.165, 1.54) is 19.2 Å². The summed E-state index contributed by atoms with van der Waals surface area (Å²) >= 11 is 0. The molecule has 3 atom stereocenters. The first-order valence-electron chi connectivity index (χ1n) is 14.3. The Labute approximate surface area is 260 Å². The van der Waals surface area contributed by atoms with Gasteiger partial charge in [-0.2, -0.15) is 4.31 Å². The van der Waals surface area contributed by atoms with Crippen molar-refractivity contribution in [3.63, 3.8) is 0 Å². The number of nitrogens with zero attached hydrogens (tertiary/aromatic N) is 2. The van der Waals surface area contributed by atoms with Gasteiger partial charge in [-0.05, 0) is 61.5 Å². The average Bonchev–Trinajstić information content (AvgIpc) is 3.49. The lowest BCUT2D eigenvalue weighted by molar-refractivity contribution is -0.134. The molecule has 2 heterocycles. The summed E-state index contributed by atoms with van der Waals surface area (Å²) in [5.41, 5.74) is 1.35. The highest BCUT2D eigenvalue weighted by molar-refractivity contribution is 7.89. The molecule has 0 saturated heterocycles. The fourth-order valence-electron chi connectivity index (χ4n) is 5.13. The summed E-state index contributed by atoms with van der Waals surface area (Å²) in [5.74, 6) is 0.284. The van der Waals surface area contributed by atoms with E-state index in [1.54, 1.807) is 48.2 Å². The highest BCUT2D eigenvalue weighted by atomic mass is 32.2. The summed E-state index contributed by atoms with van der Waals surface area (Å²) in [6.45, 7) is 3.53. The van der Waals surface area contributed by atoms with Crippen LogP contribution in [0.4, 0.5) is 20.6 Å². The van der Waals surface area contributed by atoms with Crippen LogP contribution in [0.25, 0.3) is 0 Å². The lowest BCUT2D eigenvalue weighted by Gasteiger charge is -2.33. The van der Waals surface area contributed by atoms with Gasteiger partial charge in [-0.15, -0.1) is 0 Å². The van der Waals surface area contributed by atoms with Crippen LogP contribution in [0.3, 0.4) is 0 Å². The number of fused-ring (bicyclic) bond motifs is 2. The van der Waals surface area contributed by atoms with Crippen LogP contribution in [-0.2, 0) is 21.2 Å². The molecule has 0 spiro atoms. The molecule has 3 amide bonds. The van der Waals surface area contributed by atoms with Crippen molar-refractivity contribution < 1.29 is 41.7 Å². The Kier molecular flexibility index (Phi) is 9.46. The molecular formula is C31H35FN4O8S. The Morgan fingerprint density at radius 2 is 1.69 bits per heavy atom.